The summed E-state index contributed by atoms with van der Waals surface area (Å²) >= 11 is 0. The minimum Gasteiger partial charge on any atom is -0.387 e. The molecule has 3 N–H and O–H groups in total. The summed E-state index contributed by atoms with van der Waals surface area (Å²) in [6.45, 7) is 0.704. The van der Waals surface area contributed by atoms with E-state index < -0.39 is 6.17 Å². The summed E-state index contributed by atoms with van der Waals surface area (Å²) in [5.74, 6) is 0.565. The standard InChI is InChI=1S/C10H17FN2/c11-8-1-2-9-7(3-4-12)6-13-10(9)5-8/h6,8-10,13H,1-5,12H2. The van der Waals surface area contributed by atoms with E-state index in [1.165, 1.54) is 5.57 Å². The molecule has 1 aliphatic carbocycles. The van der Waals surface area contributed by atoms with Gasteiger partial charge in [-0.1, -0.05) is 0 Å². The van der Waals surface area contributed by atoms with Gasteiger partial charge in [0.2, 0.25) is 0 Å². The van der Waals surface area contributed by atoms with E-state index in [0.717, 1.165) is 19.3 Å². The summed E-state index contributed by atoms with van der Waals surface area (Å²) < 4.78 is 13.0. The Labute approximate surface area is 78.4 Å². The largest absolute Gasteiger partial charge is 0.387 e. The van der Waals surface area contributed by atoms with Crippen molar-refractivity contribution in [2.24, 2.45) is 11.7 Å². The Balaban J connectivity index is 1.97. The molecule has 0 bridgehead atoms. The van der Waals surface area contributed by atoms with E-state index in [0.29, 0.717) is 24.9 Å². The van der Waals surface area contributed by atoms with E-state index in [-0.39, 0.29) is 0 Å². The fraction of sp³-hybridized carbons (Fsp3) is 0.800. The van der Waals surface area contributed by atoms with Crippen LogP contribution in [-0.2, 0) is 0 Å². The number of hydrogen-bond acceptors (Lipinski definition) is 2. The van der Waals surface area contributed by atoms with Crippen LogP contribution in [0.25, 0.3) is 0 Å². The van der Waals surface area contributed by atoms with E-state index >= 15 is 0 Å². The molecule has 0 aromatic carbocycles. The maximum absolute atomic E-state index is 13.0. The summed E-state index contributed by atoms with van der Waals surface area (Å²) in [6, 6.07) is 0.352. The zero-order chi connectivity index (χ0) is 9.26. The van der Waals surface area contributed by atoms with E-state index in [1.54, 1.807) is 0 Å². The number of fused-ring (bicyclic) bond motifs is 1. The highest BCUT2D eigenvalue weighted by Gasteiger charge is 2.34. The third kappa shape index (κ3) is 1.70. The summed E-state index contributed by atoms with van der Waals surface area (Å²) in [5, 5.41) is 3.27. The SMILES string of the molecule is NCCC1=CNC2CC(F)CCC12. The van der Waals surface area contributed by atoms with Crippen molar-refractivity contribution in [2.45, 2.75) is 37.9 Å². The van der Waals surface area contributed by atoms with Gasteiger partial charge >= 0.3 is 0 Å². The van der Waals surface area contributed by atoms with Crippen molar-refractivity contribution in [3.8, 4) is 0 Å². The van der Waals surface area contributed by atoms with Gasteiger partial charge in [-0.25, -0.2) is 4.39 Å². The zero-order valence-corrected chi connectivity index (χ0v) is 7.80. The van der Waals surface area contributed by atoms with Gasteiger partial charge < -0.3 is 11.1 Å². The topological polar surface area (TPSA) is 38.0 Å². The summed E-state index contributed by atoms with van der Waals surface area (Å²) in [5.41, 5.74) is 6.92. The lowest BCUT2D eigenvalue weighted by atomic mass is 9.80. The van der Waals surface area contributed by atoms with Crippen LogP contribution in [0.1, 0.15) is 25.7 Å². The van der Waals surface area contributed by atoms with Crippen LogP contribution in [0.4, 0.5) is 4.39 Å². The van der Waals surface area contributed by atoms with E-state index in [1.807, 2.05) is 0 Å². The second kappa shape index (κ2) is 3.66. The first-order valence-corrected chi connectivity index (χ1v) is 5.10. The third-order valence-electron chi connectivity index (χ3n) is 3.18. The van der Waals surface area contributed by atoms with Crippen LogP contribution in [0, 0.1) is 5.92 Å². The number of hydrogen-bond donors (Lipinski definition) is 2. The normalized spacial score (nSPS) is 38.0. The quantitative estimate of drug-likeness (QED) is 0.679. The average molecular weight is 184 g/mol. The molecule has 1 saturated carbocycles. The Morgan fingerprint density at radius 2 is 2.38 bits per heavy atom. The first-order chi connectivity index (χ1) is 6.31. The number of rotatable bonds is 2. The van der Waals surface area contributed by atoms with Gasteiger partial charge in [-0.15, -0.1) is 0 Å². The molecule has 13 heavy (non-hydrogen) atoms. The highest BCUT2D eigenvalue weighted by atomic mass is 19.1. The van der Waals surface area contributed by atoms with Crippen LogP contribution >= 0.6 is 0 Å². The molecule has 0 amide bonds. The van der Waals surface area contributed by atoms with E-state index in [9.17, 15) is 4.39 Å². The molecule has 0 spiro atoms. The molecule has 3 unspecified atom stereocenters. The maximum atomic E-state index is 13.0. The predicted octanol–water partition coefficient (Wildman–Crippen LogP) is 1.33. The Kier molecular flexibility index (Phi) is 2.54. The molecule has 1 heterocycles. The molecule has 0 aromatic rings. The van der Waals surface area contributed by atoms with Gasteiger partial charge in [0.05, 0.1) is 0 Å². The molecule has 1 fully saturated rings. The molecule has 3 atom stereocenters. The van der Waals surface area contributed by atoms with Gasteiger partial charge in [-0.05, 0) is 44.0 Å². The molecule has 2 aliphatic rings. The maximum Gasteiger partial charge on any atom is 0.102 e. The Morgan fingerprint density at radius 1 is 1.54 bits per heavy atom. The highest BCUT2D eigenvalue weighted by Crippen LogP contribution is 2.36. The average Bonchev–Trinajstić information content (AvgIpc) is 2.49. The van der Waals surface area contributed by atoms with Crippen molar-refractivity contribution in [3.63, 3.8) is 0 Å². The van der Waals surface area contributed by atoms with Gasteiger partial charge in [0, 0.05) is 12.0 Å². The molecule has 2 rings (SSSR count). The number of nitrogens with two attached hydrogens (primary N) is 1. The fourth-order valence-corrected chi connectivity index (χ4v) is 2.49. The molecule has 0 saturated heterocycles. The van der Waals surface area contributed by atoms with Gasteiger partial charge in [0.15, 0.2) is 0 Å². The van der Waals surface area contributed by atoms with Crippen LogP contribution in [-0.4, -0.2) is 18.8 Å². The van der Waals surface area contributed by atoms with Crippen LogP contribution in [0.2, 0.25) is 0 Å². The lowest BCUT2D eigenvalue weighted by molar-refractivity contribution is 0.195. The Bertz CT molecular complexity index is 215. The third-order valence-corrected chi connectivity index (χ3v) is 3.18. The molecule has 74 valence electrons. The minimum absolute atomic E-state index is 0.352. The van der Waals surface area contributed by atoms with E-state index in [2.05, 4.69) is 11.5 Å². The van der Waals surface area contributed by atoms with Crippen molar-refractivity contribution < 1.29 is 4.39 Å². The van der Waals surface area contributed by atoms with Crippen LogP contribution in [0.3, 0.4) is 0 Å². The molecule has 3 heteroatoms. The van der Waals surface area contributed by atoms with Gasteiger partial charge in [-0.2, -0.15) is 0 Å². The summed E-state index contributed by atoms with van der Waals surface area (Å²) in [6.07, 6.45) is 4.81. The van der Waals surface area contributed by atoms with Gasteiger partial charge in [0.25, 0.3) is 0 Å². The second-order valence-electron chi connectivity index (χ2n) is 4.05. The Hall–Kier alpha value is -0.570. The fourth-order valence-electron chi connectivity index (χ4n) is 2.49. The Morgan fingerprint density at radius 3 is 3.15 bits per heavy atom. The molecular formula is C10H17FN2. The molecule has 2 nitrogen and oxygen atoms in total. The van der Waals surface area contributed by atoms with Crippen molar-refractivity contribution in [1.82, 2.24) is 5.32 Å². The van der Waals surface area contributed by atoms with Crippen molar-refractivity contribution in [3.05, 3.63) is 11.8 Å². The van der Waals surface area contributed by atoms with Crippen molar-refractivity contribution >= 4 is 0 Å². The summed E-state index contributed by atoms with van der Waals surface area (Å²) in [4.78, 5) is 0. The number of halogens is 1. The molecule has 1 aliphatic heterocycles. The molecule has 0 aromatic heterocycles. The highest BCUT2D eigenvalue weighted by molar-refractivity contribution is 5.17. The molecular weight excluding hydrogens is 167 g/mol. The second-order valence-corrected chi connectivity index (χ2v) is 4.05. The predicted molar refractivity (Wildman–Crippen MR) is 50.9 cm³/mol. The minimum atomic E-state index is -0.598. The first-order valence-electron chi connectivity index (χ1n) is 5.10. The first kappa shape index (κ1) is 9.00. The smallest absolute Gasteiger partial charge is 0.102 e. The van der Waals surface area contributed by atoms with Crippen LogP contribution in [0.5, 0.6) is 0 Å². The monoisotopic (exact) mass is 184 g/mol. The zero-order valence-electron chi connectivity index (χ0n) is 7.80. The molecule has 0 radical (unpaired) electrons. The lowest BCUT2D eigenvalue weighted by Gasteiger charge is -2.29. The van der Waals surface area contributed by atoms with Crippen LogP contribution < -0.4 is 11.1 Å². The number of alkyl halides is 1. The van der Waals surface area contributed by atoms with Crippen molar-refractivity contribution in [2.75, 3.05) is 6.54 Å². The van der Waals surface area contributed by atoms with Crippen LogP contribution in [0.15, 0.2) is 11.8 Å². The number of nitrogens with one attached hydrogen (secondary N) is 1. The summed E-state index contributed by atoms with van der Waals surface area (Å²) in [7, 11) is 0. The lowest BCUT2D eigenvalue weighted by Crippen LogP contribution is -2.35. The van der Waals surface area contributed by atoms with Gasteiger partial charge in [-0.3, -0.25) is 0 Å². The van der Waals surface area contributed by atoms with Crippen molar-refractivity contribution in [1.29, 1.82) is 0 Å². The van der Waals surface area contributed by atoms with E-state index in [4.69, 9.17) is 5.73 Å². The van der Waals surface area contributed by atoms with Gasteiger partial charge in [0.1, 0.15) is 6.17 Å².